The molecule has 0 radical (unpaired) electrons. The Morgan fingerprint density at radius 1 is 1.19 bits per heavy atom. The van der Waals surface area contributed by atoms with Gasteiger partial charge in [-0.3, -0.25) is 0 Å². The Labute approximate surface area is 181 Å². The molecule has 31 heavy (non-hydrogen) atoms. The van der Waals surface area contributed by atoms with Crippen LogP contribution >= 0.6 is 0 Å². The Hall–Kier alpha value is -3.09. The van der Waals surface area contributed by atoms with Crippen LogP contribution in [0.4, 0.5) is 14.9 Å². The number of aromatic nitrogens is 3. The Morgan fingerprint density at radius 3 is 2.71 bits per heavy atom. The van der Waals surface area contributed by atoms with Gasteiger partial charge in [-0.05, 0) is 55.5 Å². The van der Waals surface area contributed by atoms with E-state index in [0.717, 1.165) is 59.4 Å². The molecule has 1 fully saturated rings. The average Bonchev–Trinajstić information content (AvgIpc) is 3.24. The smallest absolute Gasteiger partial charge is 0.321 e. The quantitative estimate of drug-likeness (QED) is 0.623. The second kappa shape index (κ2) is 8.57. The summed E-state index contributed by atoms with van der Waals surface area (Å²) in [6, 6.07) is 4.89. The van der Waals surface area contributed by atoms with E-state index in [4.69, 9.17) is 0 Å². The molecule has 1 atom stereocenters. The van der Waals surface area contributed by atoms with Crippen LogP contribution in [-0.2, 0) is 6.42 Å². The van der Waals surface area contributed by atoms with Gasteiger partial charge < -0.3 is 10.2 Å². The van der Waals surface area contributed by atoms with Crippen molar-refractivity contribution in [2.45, 2.75) is 47.0 Å². The highest BCUT2D eigenvalue weighted by atomic mass is 19.1. The van der Waals surface area contributed by atoms with Gasteiger partial charge in [0.1, 0.15) is 11.6 Å². The molecule has 1 saturated heterocycles. The first kappa shape index (κ1) is 21.2. The molecule has 1 N–H and O–H groups in total. The van der Waals surface area contributed by atoms with Crippen molar-refractivity contribution in [3.05, 3.63) is 47.3 Å². The molecule has 7 heteroatoms. The van der Waals surface area contributed by atoms with Crippen LogP contribution in [0.15, 0.2) is 24.4 Å². The first-order valence-corrected chi connectivity index (χ1v) is 10.9. The lowest BCUT2D eigenvalue weighted by Gasteiger charge is -2.19. The maximum Gasteiger partial charge on any atom is 0.321 e. The molecular weight excluding hydrogens is 393 g/mol. The monoisotopic (exact) mass is 421 g/mol. The second-order valence-electron chi connectivity index (χ2n) is 8.26. The summed E-state index contributed by atoms with van der Waals surface area (Å²) in [4.78, 5) is 28.0. The van der Waals surface area contributed by atoms with Crippen LogP contribution in [0.25, 0.3) is 22.2 Å². The summed E-state index contributed by atoms with van der Waals surface area (Å²) in [5.74, 6) is 0.830. The number of rotatable bonds is 4. The van der Waals surface area contributed by atoms with Gasteiger partial charge in [-0.25, -0.2) is 24.1 Å². The van der Waals surface area contributed by atoms with Crippen molar-refractivity contribution in [2.75, 3.05) is 18.4 Å². The van der Waals surface area contributed by atoms with E-state index < -0.39 is 5.82 Å². The standard InChI is InChI=1S/C24H28FN5O/c1-5-16-7-8-30(13-16)24(31)28-21-11-18(14(3)9-20(21)25)19-10-17-12-26-22(6-2)29-23(17)27-15(19)4/h9-12,16H,5-8,13H2,1-4H3,(H,28,31)/t16-/m1/s1. The molecule has 162 valence electrons. The average molecular weight is 422 g/mol. The number of amides is 2. The summed E-state index contributed by atoms with van der Waals surface area (Å²) < 4.78 is 14.7. The fourth-order valence-corrected chi connectivity index (χ4v) is 4.13. The third-order valence-electron chi connectivity index (χ3n) is 6.12. The lowest BCUT2D eigenvalue weighted by Crippen LogP contribution is -2.33. The highest BCUT2D eigenvalue weighted by Gasteiger charge is 2.25. The molecule has 1 aromatic carbocycles. The number of hydrogen-bond acceptors (Lipinski definition) is 4. The minimum atomic E-state index is -0.442. The molecule has 3 heterocycles. The first-order valence-electron chi connectivity index (χ1n) is 10.9. The summed E-state index contributed by atoms with van der Waals surface area (Å²) >= 11 is 0. The van der Waals surface area contributed by atoms with E-state index in [0.29, 0.717) is 18.1 Å². The molecule has 0 spiro atoms. The van der Waals surface area contributed by atoms with Gasteiger partial charge >= 0.3 is 6.03 Å². The number of aryl methyl sites for hydroxylation is 3. The van der Waals surface area contributed by atoms with Gasteiger partial charge in [0.05, 0.1) is 5.69 Å². The SMILES string of the molecule is CCc1ncc2cc(-c3cc(NC(=O)N4CC[C@@H](CC)C4)c(F)cc3C)c(C)nc2n1. The lowest BCUT2D eigenvalue weighted by molar-refractivity contribution is 0.220. The second-order valence-corrected chi connectivity index (χ2v) is 8.26. The number of hydrogen-bond donors (Lipinski definition) is 1. The molecule has 0 unspecified atom stereocenters. The predicted molar refractivity (Wildman–Crippen MR) is 121 cm³/mol. The molecule has 2 amide bonds. The normalized spacial score (nSPS) is 16.2. The van der Waals surface area contributed by atoms with Crippen molar-refractivity contribution < 1.29 is 9.18 Å². The maximum atomic E-state index is 14.7. The van der Waals surface area contributed by atoms with Gasteiger partial charge in [-0.15, -0.1) is 0 Å². The Balaban J connectivity index is 1.68. The van der Waals surface area contributed by atoms with Crippen molar-refractivity contribution >= 4 is 22.8 Å². The third-order valence-corrected chi connectivity index (χ3v) is 6.12. The van der Waals surface area contributed by atoms with Crippen molar-refractivity contribution in [2.24, 2.45) is 5.92 Å². The van der Waals surface area contributed by atoms with Crippen molar-refractivity contribution in [3.8, 4) is 11.1 Å². The fraction of sp³-hybridized carbons (Fsp3) is 0.417. The topological polar surface area (TPSA) is 71.0 Å². The van der Waals surface area contributed by atoms with Crippen LogP contribution in [0.1, 0.15) is 43.8 Å². The number of fused-ring (bicyclic) bond motifs is 1. The number of nitrogens with one attached hydrogen (secondary N) is 1. The number of pyridine rings is 1. The summed E-state index contributed by atoms with van der Waals surface area (Å²) in [5, 5.41) is 3.60. The highest BCUT2D eigenvalue weighted by Crippen LogP contribution is 2.32. The fourth-order valence-electron chi connectivity index (χ4n) is 4.13. The molecule has 1 aliphatic heterocycles. The molecule has 2 aromatic heterocycles. The predicted octanol–water partition coefficient (Wildman–Crippen LogP) is 5.27. The van der Waals surface area contributed by atoms with E-state index in [1.807, 2.05) is 26.8 Å². The van der Waals surface area contributed by atoms with Crippen LogP contribution < -0.4 is 5.32 Å². The van der Waals surface area contributed by atoms with E-state index in [-0.39, 0.29) is 11.7 Å². The van der Waals surface area contributed by atoms with E-state index in [1.54, 1.807) is 17.2 Å². The number of anilines is 1. The van der Waals surface area contributed by atoms with Crippen LogP contribution in [0.2, 0.25) is 0 Å². The molecule has 1 aliphatic rings. The number of nitrogens with zero attached hydrogens (tertiary/aromatic N) is 4. The van der Waals surface area contributed by atoms with Crippen LogP contribution in [0, 0.1) is 25.6 Å². The Morgan fingerprint density at radius 2 is 2.00 bits per heavy atom. The van der Waals surface area contributed by atoms with Crippen LogP contribution in [-0.4, -0.2) is 39.0 Å². The van der Waals surface area contributed by atoms with Gasteiger partial charge in [0, 0.05) is 42.4 Å². The lowest BCUT2D eigenvalue weighted by atomic mass is 9.97. The van der Waals surface area contributed by atoms with E-state index in [2.05, 4.69) is 27.2 Å². The molecule has 0 saturated carbocycles. The molecule has 3 aromatic rings. The third kappa shape index (κ3) is 4.22. The van der Waals surface area contributed by atoms with Crippen LogP contribution in [0.3, 0.4) is 0 Å². The highest BCUT2D eigenvalue weighted by molar-refractivity contribution is 5.91. The molecule has 6 nitrogen and oxygen atoms in total. The zero-order valence-corrected chi connectivity index (χ0v) is 18.5. The number of likely N-dealkylation sites (tertiary alicyclic amines) is 1. The van der Waals surface area contributed by atoms with Gasteiger partial charge in [0.2, 0.25) is 0 Å². The number of carbonyl (C=O) groups excluding carboxylic acids is 1. The number of urea groups is 1. The van der Waals surface area contributed by atoms with Gasteiger partial charge in [-0.2, -0.15) is 0 Å². The van der Waals surface area contributed by atoms with Crippen molar-refractivity contribution in [1.82, 2.24) is 19.9 Å². The summed E-state index contributed by atoms with van der Waals surface area (Å²) in [6.07, 6.45) is 4.56. The summed E-state index contributed by atoms with van der Waals surface area (Å²) in [5.41, 5.74) is 4.11. The molecular formula is C24H28FN5O. The largest absolute Gasteiger partial charge is 0.324 e. The van der Waals surface area contributed by atoms with Crippen LogP contribution in [0.5, 0.6) is 0 Å². The summed E-state index contributed by atoms with van der Waals surface area (Å²) in [6.45, 7) is 9.33. The van der Waals surface area contributed by atoms with E-state index in [1.165, 1.54) is 6.07 Å². The van der Waals surface area contributed by atoms with Gasteiger partial charge in [0.15, 0.2) is 5.65 Å². The number of halogens is 1. The molecule has 4 rings (SSSR count). The van der Waals surface area contributed by atoms with Crippen molar-refractivity contribution in [1.29, 1.82) is 0 Å². The van der Waals surface area contributed by atoms with E-state index in [9.17, 15) is 9.18 Å². The summed E-state index contributed by atoms with van der Waals surface area (Å²) in [7, 11) is 0. The first-order chi connectivity index (χ1) is 14.9. The van der Waals surface area contributed by atoms with Gasteiger partial charge in [0.25, 0.3) is 0 Å². The van der Waals surface area contributed by atoms with E-state index >= 15 is 0 Å². The number of carbonyl (C=O) groups is 1. The Kier molecular flexibility index (Phi) is 5.85. The Bertz CT molecular complexity index is 1150. The minimum absolute atomic E-state index is 0.183. The minimum Gasteiger partial charge on any atom is -0.324 e. The van der Waals surface area contributed by atoms with Crippen molar-refractivity contribution in [3.63, 3.8) is 0 Å². The molecule has 0 bridgehead atoms. The maximum absolute atomic E-state index is 14.7. The number of benzene rings is 1. The molecule has 0 aliphatic carbocycles. The zero-order valence-electron chi connectivity index (χ0n) is 18.5. The van der Waals surface area contributed by atoms with Gasteiger partial charge in [-0.1, -0.05) is 20.3 Å². The zero-order chi connectivity index (χ0) is 22.1.